The van der Waals surface area contributed by atoms with Crippen molar-refractivity contribution in [1.29, 1.82) is 0 Å². The molecule has 0 unspecified atom stereocenters. The molecule has 1 N–H and O–H groups in total. The summed E-state index contributed by atoms with van der Waals surface area (Å²) in [6.45, 7) is 0. The van der Waals surface area contributed by atoms with Gasteiger partial charge in [0.2, 0.25) is 0 Å². The number of fused-ring (bicyclic) bond motifs is 3. The summed E-state index contributed by atoms with van der Waals surface area (Å²) in [5.41, 5.74) is 6.40. The molecule has 3 aromatic carbocycles. The maximum atomic E-state index is 9.30. The third-order valence-electron chi connectivity index (χ3n) is 3.91. The van der Waals surface area contributed by atoms with E-state index in [0.717, 1.165) is 22.4 Å². The van der Waals surface area contributed by atoms with Gasteiger partial charge in [0.15, 0.2) is 0 Å². The van der Waals surface area contributed by atoms with E-state index in [1.807, 2.05) is 24.3 Å². The van der Waals surface area contributed by atoms with Gasteiger partial charge >= 0.3 is 0 Å². The van der Waals surface area contributed by atoms with Crippen LogP contribution in [0, 0.1) is 0 Å². The Bertz CT molecular complexity index is 883. The van der Waals surface area contributed by atoms with E-state index in [1.165, 1.54) is 11.1 Å². The molecule has 0 spiro atoms. The molecule has 4 rings (SSSR count). The number of phenols is 1. The number of aromatic hydroxyl groups is 1. The molecule has 4 heteroatoms. The van der Waals surface area contributed by atoms with Gasteiger partial charge in [0, 0.05) is 11.1 Å². The zero-order valence-corrected chi connectivity index (χ0v) is 15.6. The number of hydrogen-bond acceptors (Lipinski definition) is 3. The second kappa shape index (κ2) is 5.89. The van der Waals surface area contributed by atoms with Crippen molar-refractivity contribution >= 4 is 11.9 Å². The number of nitrogens with zero attached hydrogens (tertiary/aromatic N) is 2. The predicted octanol–water partition coefficient (Wildman–Crippen LogP) is 4.24. The SMILES string of the molecule is Oc1ccc(/C=N/N=C2c3ccccc3-c3ccccc32)cc1.[Cm]. The molecule has 0 aliphatic heterocycles. The Morgan fingerprint density at radius 1 is 0.667 bits per heavy atom. The van der Waals surface area contributed by atoms with Gasteiger partial charge in [-0.15, -0.1) is 5.10 Å². The quantitative estimate of drug-likeness (QED) is 0.298. The molecule has 0 heterocycles. The Kier molecular flexibility index (Phi) is 3.61. The summed E-state index contributed by atoms with van der Waals surface area (Å²) in [6.07, 6.45) is 1.69. The fourth-order valence-corrected chi connectivity index (χ4v) is 2.82. The van der Waals surface area contributed by atoms with Crippen LogP contribution in [0.3, 0.4) is 0 Å². The molecular weight excluding hydrogens is 531 g/mol. The van der Waals surface area contributed by atoms with Crippen molar-refractivity contribution in [2.75, 3.05) is 0 Å². The van der Waals surface area contributed by atoms with E-state index in [9.17, 15) is 5.11 Å². The van der Waals surface area contributed by atoms with Crippen molar-refractivity contribution in [3.63, 3.8) is 0 Å². The molecule has 0 saturated heterocycles. The first-order valence-corrected chi connectivity index (χ1v) is 7.42. The second-order valence-corrected chi connectivity index (χ2v) is 5.38. The molecule has 3 nitrogen and oxygen atoms in total. The van der Waals surface area contributed by atoms with E-state index >= 15 is 0 Å². The number of rotatable bonds is 2. The van der Waals surface area contributed by atoms with Crippen LogP contribution < -0.4 is 0 Å². The second-order valence-electron chi connectivity index (χ2n) is 5.38. The first-order chi connectivity index (χ1) is 11.3. The predicted molar refractivity (Wildman–Crippen MR) is 93.2 cm³/mol. The van der Waals surface area contributed by atoms with Crippen molar-refractivity contribution < 1.29 is 5.11 Å². The van der Waals surface area contributed by atoms with Crippen LogP contribution in [0.2, 0.25) is 0 Å². The molecule has 3 aromatic rings. The Labute approximate surface area is 134 Å². The molecule has 0 atom stereocenters. The molecule has 0 amide bonds. The smallest absolute Gasteiger partial charge is 0.115 e. The molecular formula is C20H14CmN2O. The number of hydrogen-bond donors (Lipinski definition) is 1. The molecule has 24 heavy (non-hydrogen) atoms. The Hall–Kier alpha value is -4.20. The Morgan fingerprint density at radius 3 is 1.71 bits per heavy atom. The van der Waals surface area contributed by atoms with E-state index in [2.05, 4.69) is 34.5 Å². The van der Waals surface area contributed by atoms with Gasteiger partial charge in [-0.1, -0.05) is 48.5 Å². The van der Waals surface area contributed by atoms with Crippen LogP contribution in [0.5, 0.6) is 5.75 Å². The number of benzene rings is 3. The van der Waals surface area contributed by atoms with Crippen molar-refractivity contribution in [3.05, 3.63) is 89.5 Å². The van der Waals surface area contributed by atoms with Crippen molar-refractivity contribution in [2.45, 2.75) is 0 Å². The summed E-state index contributed by atoms with van der Waals surface area (Å²) in [5.74, 6) is 0.243. The molecule has 0 bridgehead atoms. The zero-order valence-electron chi connectivity index (χ0n) is 12.7. The first kappa shape index (κ1) is 14.7. The summed E-state index contributed by atoms with van der Waals surface area (Å²) >= 11 is 0. The van der Waals surface area contributed by atoms with Gasteiger partial charge in [0.05, 0.1) is 6.21 Å². The maximum absolute atomic E-state index is 9.30. The standard InChI is InChI=1S/C20H14N2O.Cm/c23-15-11-9-14(10-12-15)13-21-22-20-18-7-3-1-5-16(18)17-6-2-4-8-19(17)20;/h1-13,23H;/b21-13+;. The minimum atomic E-state index is 0. The molecule has 0 aromatic heterocycles. The van der Waals surface area contributed by atoms with Crippen LogP contribution >= 0.6 is 0 Å². The van der Waals surface area contributed by atoms with Gasteiger partial charge < -0.3 is 5.11 Å². The van der Waals surface area contributed by atoms with Gasteiger partial charge in [-0.25, -0.2) is 0 Å². The summed E-state index contributed by atoms with van der Waals surface area (Å²) in [7, 11) is 0. The summed E-state index contributed by atoms with van der Waals surface area (Å²) < 4.78 is 0. The molecule has 0 saturated carbocycles. The van der Waals surface area contributed by atoms with Crippen molar-refractivity contribution in [3.8, 4) is 16.9 Å². The molecule has 118 valence electrons. The third-order valence-corrected chi connectivity index (χ3v) is 3.91. The van der Waals surface area contributed by atoms with E-state index in [0.29, 0.717) is 0 Å². The van der Waals surface area contributed by atoms with E-state index < -0.39 is 0 Å². The Balaban J connectivity index is 0.00000169. The van der Waals surface area contributed by atoms with Crippen LogP contribution in [0.1, 0.15) is 16.7 Å². The fourth-order valence-electron chi connectivity index (χ4n) is 2.82. The van der Waals surface area contributed by atoms with Crippen molar-refractivity contribution in [2.24, 2.45) is 10.2 Å². The van der Waals surface area contributed by atoms with Crippen LogP contribution in [-0.4, -0.2) is 17.0 Å². The van der Waals surface area contributed by atoms with Crippen LogP contribution in [-0.2, 0) is 0 Å². The summed E-state index contributed by atoms with van der Waals surface area (Å²) in [6, 6.07) is 23.4. The average Bonchev–Trinajstić information content (AvgIpc) is 2.91. The van der Waals surface area contributed by atoms with Crippen LogP contribution in [0.25, 0.3) is 11.1 Å². The van der Waals surface area contributed by atoms with E-state index in [1.54, 1.807) is 30.5 Å². The van der Waals surface area contributed by atoms with E-state index in [-0.39, 0.29) is 5.75 Å². The monoisotopic (exact) mass is 541 g/mol. The van der Waals surface area contributed by atoms with Gasteiger partial charge in [-0.3, -0.25) is 0 Å². The van der Waals surface area contributed by atoms with Gasteiger partial charge in [-0.2, -0.15) is 5.10 Å². The Morgan fingerprint density at radius 2 is 1.17 bits per heavy atom. The largest absolute Gasteiger partial charge is 0.508 e. The minimum absolute atomic E-state index is 0. The zero-order chi connectivity index (χ0) is 15.6. The molecule has 1 aliphatic rings. The fraction of sp³-hybridized carbons (Fsp3) is 0. The van der Waals surface area contributed by atoms with Crippen LogP contribution in [0.4, 0.5) is 0 Å². The number of phenolic OH excluding ortho intramolecular Hbond substituents is 1. The summed E-state index contributed by atoms with van der Waals surface area (Å²) in [4.78, 5) is 0. The molecule has 0 radical (unpaired) electrons. The van der Waals surface area contributed by atoms with Gasteiger partial charge in [-0.05, 0) is 41.0 Å². The van der Waals surface area contributed by atoms with Crippen LogP contribution in [0.15, 0.2) is 83.0 Å². The maximum Gasteiger partial charge on any atom is 0.115 e. The van der Waals surface area contributed by atoms with Gasteiger partial charge in [0.25, 0.3) is 0 Å². The minimum Gasteiger partial charge on any atom is -0.508 e. The molecule has 0 fully saturated rings. The first-order valence-electron chi connectivity index (χ1n) is 7.42. The topological polar surface area (TPSA) is 45.0 Å². The van der Waals surface area contributed by atoms with E-state index in [4.69, 9.17) is 0 Å². The molecule has 1 aliphatic carbocycles. The summed E-state index contributed by atoms with van der Waals surface area (Å²) in [5, 5.41) is 18.0. The normalized spacial score (nSPS) is 11.8. The third kappa shape index (κ3) is 2.40. The van der Waals surface area contributed by atoms with Crippen molar-refractivity contribution in [1.82, 2.24) is 0 Å². The van der Waals surface area contributed by atoms with Gasteiger partial charge in [0.1, 0.15) is 11.5 Å². The average molecular weight is 545 g/mol.